The lowest BCUT2D eigenvalue weighted by atomic mass is 10.2. The van der Waals surface area contributed by atoms with E-state index in [0.717, 1.165) is 26.2 Å². The van der Waals surface area contributed by atoms with E-state index in [2.05, 4.69) is 15.1 Å². The van der Waals surface area contributed by atoms with E-state index in [0.29, 0.717) is 13.2 Å². The summed E-state index contributed by atoms with van der Waals surface area (Å²) in [5.74, 6) is -0.318. The van der Waals surface area contributed by atoms with Gasteiger partial charge in [0.15, 0.2) is 0 Å². The van der Waals surface area contributed by atoms with Crippen LogP contribution in [0.15, 0.2) is 24.3 Å². The predicted molar refractivity (Wildman–Crippen MR) is 80.5 cm³/mol. The highest BCUT2D eigenvalue weighted by atomic mass is 16.6. The second kappa shape index (κ2) is 7.83. The second-order valence-corrected chi connectivity index (χ2v) is 5.15. The molecule has 1 amide bonds. The first kappa shape index (κ1) is 16.3. The van der Waals surface area contributed by atoms with E-state index in [1.54, 1.807) is 6.07 Å². The summed E-state index contributed by atoms with van der Waals surface area (Å²) in [6.45, 7) is 4.58. The third-order valence-electron chi connectivity index (χ3n) is 3.66. The first-order chi connectivity index (χ1) is 10.6. The molecule has 1 saturated heterocycles. The van der Waals surface area contributed by atoms with Crippen LogP contribution in [-0.4, -0.2) is 71.7 Å². The zero-order valence-electron chi connectivity index (χ0n) is 12.3. The number of rotatable bonds is 6. The number of hydrogen-bond donors (Lipinski definition) is 2. The van der Waals surface area contributed by atoms with Crippen molar-refractivity contribution in [3.8, 4) is 0 Å². The number of nitro groups is 1. The van der Waals surface area contributed by atoms with Crippen molar-refractivity contribution in [3.63, 3.8) is 0 Å². The minimum absolute atomic E-state index is 0.0923. The summed E-state index contributed by atoms with van der Waals surface area (Å²) in [5.41, 5.74) is 0.193. The maximum Gasteiger partial charge on any atom is 0.270 e. The van der Waals surface area contributed by atoms with E-state index in [4.69, 9.17) is 5.11 Å². The molecular formula is C14H20N4O4. The molecule has 120 valence electrons. The second-order valence-electron chi connectivity index (χ2n) is 5.15. The highest BCUT2D eigenvalue weighted by molar-refractivity contribution is 5.94. The van der Waals surface area contributed by atoms with Crippen molar-refractivity contribution in [1.82, 2.24) is 15.1 Å². The average Bonchev–Trinajstić information content (AvgIpc) is 2.54. The highest BCUT2D eigenvalue weighted by Crippen LogP contribution is 2.12. The van der Waals surface area contributed by atoms with Gasteiger partial charge in [0, 0.05) is 50.4 Å². The third-order valence-corrected chi connectivity index (χ3v) is 3.66. The maximum atomic E-state index is 12.0. The van der Waals surface area contributed by atoms with Crippen molar-refractivity contribution < 1.29 is 14.8 Å². The fourth-order valence-electron chi connectivity index (χ4n) is 2.36. The SMILES string of the molecule is O=C(NCN1CCN(CCO)CC1)c1cccc([N+](=O)[O-])c1. The molecule has 1 aliphatic rings. The molecule has 0 aliphatic carbocycles. The zero-order valence-corrected chi connectivity index (χ0v) is 12.3. The number of non-ortho nitro benzene ring substituents is 1. The number of piperazine rings is 1. The van der Waals surface area contributed by atoms with Crippen LogP contribution in [0.1, 0.15) is 10.4 Å². The van der Waals surface area contributed by atoms with Crippen LogP contribution in [0.4, 0.5) is 5.69 Å². The van der Waals surface area contributed by atoms with Gasteiger partial charge >= 0.3 is 0 Å². The van der Waals surface area contributed by atoms with Crippen LogP contribution in [-0.2, 0) is 0 Å². The molecule has 8 heteroatoms. The van der Waals surface area contributed by atoms with Crippen molar-refractivity contribution in [2.75, 3.05) is 46.0 Å². The number of aliphatic hydroxyl groups is 1. The molecule has 0 unspecified atom stereocenters. The standard InChI is InChI=1S/C14H20N4O4/c19-9-8-16-4-6-17(7-5-16)11-15-14(20)12-2-1-3-13(10-12)18(21)22/h1-3,10,19H,4-9,11H2,(H,15,20). The lowest BCUT2D eigenvalue weighted by Crippen LogP contribution is -2.50. The van der Waals surface area contributed by atoms with Gasteiger partial charge in [-0.2, -0.15) is 0 Å². The predicted octanol–water partition coefficient (Wildman–Crippen LogP) is -0.108. The Morgan fingerprint density at radius 2 is 1.95 bits per heavy atom. The van der Waals surface area contributed by atoms with E-state index in [-0.39, 0.29) is 23.8 Å². The van der Waals surface area contributed by atoms with Gasteiger partial charge < -0.3 is 10.4 Å². The van der Waals surface area contributed by atoms with Crippen LogP contribution in [0.3, 0.4) is 0 Å². The molecule has 1 aromatic carbocycles. The van der Waals surface area contributed by atoms with Crippen molar-refractivity contribution in [3.05, 3.63) is 39.9 Å². The first-order valence-electron chi connectivity index (χ1n) is 7.18. The largest absolute Gasteiger partial charge is 0.395 e. The van der Waals surface area contributed by atoms with Gasteiger partial charge in [0.05, 0.1) is 18.2 Å². The summed E-state index contributed by atoms with van der Waals surface area (Å²) in [4.78, 5) is 26.5. The topological polar surface area (TPSA) is 99.0 Å². The minimum Gasteiger partial charge on any atom is -0.395 e. The van der Waals surface area contributed by atoms with E-state index in [9.17, 15) is 14.9 Å². The van der Waals surface area contributed by atoms with Gasteiger partial charge in [-0.3, -0.25) is 24.7 Å². The monoisotopic (exact) mass is 308 g/mol. The molecule has 1 aliphatic heterocycles. The molecular weight excluding hydrogens is 288 g/mol. The Morgan fingerprint density at radius 1 is 1.27 bits per heavy atom. The molecule has 22 heavy (non-hydrogen) atoms. The summed E-state index contributed by atoms with van der Waals surface area (Å²) in [6, 6.07) is 5.69. The van der Waals surface area contributed by atoms with Gasteiger partial charge in [0.1, 0.15) is 0 Å². The summed E-state index contributed by atoms with van der Waals surface area (Å²) in [5, 5.41) is 22.4. The molecule has 0 atom stereocenters. The summed E-state index contributed by atoms with van der Waals surface area (Å²) in [6.07, 6.45) is 0. The quantitative estimate of drug-likeness (QED) is 0.562. The van der Waals surface area contributed by atoms with Gasteiger partial charge in [0.25, 0.3) is 11.6 Å². The lowest BCUT2D eigenvalue weighted by molar-refractivity contribution is -0.384. The number of benzene rings is 1. The number of nitrogens with zero attached hydrogens (tertiary/aromatic N) is 3. The highest BCUT2D eigenvalue weighted by Gasteiger charge is 2.17. The molecule has 0 spiro atoms. The Morgan fingerprint density at radius 3 is 2.59 bits per heavy atom. The normalized spacial score (nSPS) is 16.4. The van der Waals surface area contributed by atoms with Gasteiger partial charge in [0.2, 0.25) is 0 Å². The first-order valence-corrected chi connectivity index (χ1v) is 7.18. The number of β-amino-alcohol motifs (C(OH)–C–C–N with tert-alkyl or cyclic N) is 1. The molecule has 8 nitrogen and oxygen atoms in total. The Bertz CT molecular complexity index is 529. The molecule has 1 fully saturated rings. The van der Waals surface area contributed by atoms with Crippen LogP contribution in [0.2, 0.25) is 0 Å². The molecule has 1 aromatic rings. The minimum atomic E-state index is -0.517. The van der Waals surface area contributed by atoms with E-state index in [1.165, 1.54) is 18.2 Å². The van der Waals surface area contributed by atoms with Crippen molar-refractivity contribution in [2.24, 2.45) is 0 Å². The van der Waals surface area contributed by atoms with Crippen LogP contribution in [0.5, 0.6) is 0 Å². The Hall–Kier alpha value is -2.03. The van der Waals surface area contributed by atoms with Gasteiger partial charge in [-0.15, -0.1) is 0 Å². The molecule has 2 N–H and O–H groups in total. The van der Waals surface area contributed by atoms with Gasteiger partial charge in [-0.05, 0) is 6.07 Å². The van der Waals surface area contributed by atoms with E-state index >= 15 is 0 Å². The fraction of sp³-hybridized carbons (Fsp3) is 0.500. The van der Waals surface area contributed by atoms with Gasteiger partial charge in [-0.1, -0.05) is 6.07 Å². The van der Waals surface area contributed by atoms with E-state index < -0.39 is 4.92 Å². The van der Waals surface area contributed by atoms with Gasteiger partial charge in [-0.25, -0.2) is 0 Å². The van der Waals surface area contributed by atoms with Crippen LogP contribution in [0.25, 0.3) is 0 Å². The number of carbonyl (C=O) groups excluding carboxylic acids is 1. The van der Waals surface area contributed by atoms with Crippen LogP contribution >= 0.6 is 0 Å². The number of nitrogens with one attached hydrogen (secondary N) is 1. The number of carbonyl (C=O) groups is 1. The average molecular weight is 308 g/mol. The molecule has 0 radical (unpaired) electrons. The van der Waals surface area contributed by atoms with Crippen molar-refractivity contribution >= 4 is 11.6 Å². The fourth-order valence-corrected chi connectivity index (χ4v) is 2.36. The van der Waals surface area contributed by atoms with Crippen LogP contribution in [0, 0.1) is 10.1 Å². The lowest BCUT2D eigenvalue weighted by Gasteiger charge is -2.34. The summed E-state index contributed by atoms with van der Waals surface area (Å²) in [7, 11) is 0. The molecule has 0 aromatic heterocycles. The smallest absolute Gasteiger partial charge is 0.270 e. The molecule has 0 saturated carbocycles. The Kier molecular flexibility index (Phi) is 5.82. The van der Waals surface area contributed by atoms with Crippen molar-refractivity contribution in [1.29, 1.82) is 0 Å². The summed E-state index contributed by atoms with van der Waals surface area (Å²) < 4.78 is 0. The zero-order chi connectivity index (χ0) is 15.9. The van der Waals surface area contributed by atoms with Crippen LogP contribution < -0.4 is 5.32 Å². The number of hydrogen-bond acceptors (Lipinski definition) is 6. The number of aliphatic hydroxyl groups excluding tert-OH is 1. The third kappa shape index (κ3) is 4.48. The van der Waals surface area contributed by atoms with E-state index in [1.807, 2.05) is 0 Å². The Balaban J connectivity index is 1.81. The molecule has 1 heterocycles. The van der Waals surface area contributed by atoms with Crippen molar-refractivity contribution in [2.45, 2.75) is 0 Å². The molecule has 0 bridgehead atoms. The number of nitro benzene ring substituents is 1. The maximum absolute atomic E-state index is 12.0. The molecule has 2 rings (SSSR count). The number of amides is 1. The summed E-state index contributed by atoms with van der Waals surface area (Å²) >= 11 is 0. The Labute approximate surface area is 128 Å².